The molecule has 8 heteroatoms. The molecule has 0 radical (unpaired) electrons. The Hall–Kier alpha value is -2.90. The zero-order chi connectivity index (χ0) is 17.9. The summed E-state index contributed by atoms with van der Waals surface area (Å²) in [6.07, 6.45) is 0. The first-order valence-electron chi connectivity index (χ1n) is 7.57. The molecule has 1 aromatic carbocycles. The van der Waals surface area contributed by atoms with Gasteiger partial charge in [0.15, 0.2) is 0 Å². The van der Waals surface area contributed by atoms with E-state index < -0.39 is 4.92 Å². The van der Waals surface area contributed by atoms with Gasteiger partial charge in [-0.3, -0.25) is 14.8 Å². The predicted octanol–water partition coefficient (Wildman–Crippen LogP) is 2.51. The number of aromatic nitrogens is 2. The third kappa shape index (κ3) is 3.89. The van der Waals surface area contributed by atoms with Crippen LogP contribution in [0.4, 0.5) is 10.5 Å². The molecule has 2 amide bonds. The number of benzene rings is 1. The summed E-state index contributed by atoms with van der Waals surface area (Å²) in [7, 11) is 1.86. The number of nitrogens with zero attached hydrogens (tertiary/aromatic N) is 3. The molecule has 0 spiro atoms. The number of urea groups is 1. The lowest BCUT2D eigenvalue weighted by Crippen LogP contribution is -2.37. The van der Waals surface area contributed by atoms with Gasteiger partial charge in [0, 0.05) is 37.0 Å². The zero-order valence-electron chi connectivity index (χ0n) is 14.2. The van der Waals surface area contributed by atoms with Crippen molar-refractivity contribution in [2.24, 2.45) is 7.05 Å². The molecule has 0 aliphatic rings. The summed E-state index contributed by atoms with van der Waals surface area (Å²) in [6.45, 7) is 5.96. The molecule has 0 bridgehead atoms. The third-order valence-corrected chi connectivity index (χ3v) is 3.92. The van der Waals surface area contributed by atoms with E-state index in [1.807, 2.05) is 27.8 Å². The van der Waals surface area contributed by atoms with Gasteiger partial charge in [-0.1, -0.05) is 12.1 Å². The molecule has 0 unspecified atom stereocenters. The molecule has 0 saturated heterocycles. The summed E-state index contributed by atoms with van der Waals surface area (Å²) < 4.78 is 1.78. The highest BCUT2D eigenvalue weighted by Gasteiger charge is 2.18. The van der Waals surface area contributed by atoms with Gasteiger partial charge in [0.25, 0.3) is 5.69 Å². The monoisotopic (exact) mass is 331 g/mol. The highest BCUT2D eigenvalue weighted by atomic mass is 16.6. The molecule has 2 aromatic rings. The van der Waals surface area contributed by atoms with E-state index >= 15 is 0 Å². The zero-order valence-corrected chi connectivity index (χ0v) is 14.2. The van der Waals surface area contributed by atoms with Crippen LogP contribution in [0.1, 0.15) is 35.5 Å². The Labute approximate surface area is 140 Å². The van der Waals surface area contributed by atoms with Gasteiger partial charge < -0.3 is 10.6 Å². The summed E-state index contributed by atoms with van der Waals surface area (Å²) in [4.78, 5) is 22.4. The standard InChI is InChI=1S/C16H21N5O3/c1-10(15-11(2)19-20(4)12(15)3)18-16(22)17-9-13-6-5-7-14(8-13)21(23)24/h5-8,10H,9H2,1-4H3,(H2,17,18,22)/t10-/m1/s1. The summed E-state index contributed by atoms with van der Waals surface area (Å²) in [5.41, 5.74) is 3.54. The number of hydrogen-bond donors (Lipinski definition) is 2. The summed E-state index contributed by atoms with van der Waals surface area (Å²) in [5, 5.41) is 20.7. The third-order valence-electron chi connectivity index (χ3n) is 3.92. The van der Waals surface area contributed by atoms with E-state index in [1.54, 1.807) is 16.8 Å². The van der Waals surface area contributed by atoms with E-state index in [9.17, 15) is 14.9 Å². The average molecular weight is 331 g/mol. The number of nitro benzene ring substituents is 1. The van der Waals surface area contributed by atoms with Crippen molar-refractivity contribution in [3.05, 3.63) is 56.9 Å². The normalized spacial score (nSPS) is 11.8. The Kier molecular flexibility index (Phi) is 5.18. The minimum absolute atomic E-state index is 0.00434. The van der Waals surface area contributed by atoms with Crippen molar-refractivity contribution < 1.29 is 9.72 Å². The van der Waals surface area contributed by atoms with Crippen molar-refractivity contribution in [2.45, 2.75) is 33.4 Å². The quantitative estimate of drug-likeness (QED) is 0.649. The van der Waals surface area contributed by atoms with E-state index in [0.29, 0.717) is 5.56 Å². The van der Waals surface area contributed by atoms with E-state index in [0.717, 1.165) is 17.0 Å². The predicted molar refractivity (Wildman–Crippen MR) is 89.6 cm³/mol. The second-order valence-electron chi connectivity index (χ2n) is 5.68. The van der Waals surface area contributed by atoms with E-state index in [2.05, 4.69) is 15.7 Å². The molecule has 2 rings (SSSR count). The fraction of sp³-hybridized carbons (Fsp3) is 0.375. The smallest absolute Gasteiger partial charge is 0.315 e. The van der Waals surface area contributed by atoms with E-state index in [-0.39, 0.29) is 24.3 Å². The Balaban J connectivity index is 1.96. The van der Waals surface area contributed by atoms with Crippen LogP contribution in [0.2, 0.25) is 0 Å². The molecule has 1 heterocycles. The maximum absolute atomic E-state index is 12.1. The molecule has 24 heavy (non-hydrogen) atoms. The maximum atomic E-state index is 12.1. The number of carbonyl (C=O) groups is 1. The number of rotatable bonds is 5. The molecule has 0 aliphatic carbocycles. The van der Waals surface area contributed by atoms with Gasteiger partial charge in [0.05, 0.1) is 16.7 Å². The SMILES string of the molecule is Cc1nn(C)c(C)c1[C@@H](C)NC(=O)NCc1cccc([N+](=O)[O-])c1. The summed E-state index contributed by atoms with van der Waals surface area (Å²) in [5.74, 6) is 0. The Morgan fingerprint density at radius 3 is 2.71 bits per heavy atom. The molecule has 2 N–H and O–H groups in total. The van der Waals surface area contributed by atoms with Crippen molar-refractivity contribution in [1.29, 1.82) is 0 Å². The van der Waals surface area contributed by atoms with Crippen LogP contribution in [0, 0.1) is 24.0 Å². The number of aryl methyl sites for hydroxylation is 2. The summed E-state index contributed by atoms with van der Waals surface area (Å²) >= 11 is 0. The second-order valence-corrected chi connectivity index (χ2v) is 5.68. The van der Waals surface area contributed by atoms with Crippen molar-refractivity contribution >= 4 is 11.7 Å². The maximum Gasteiger partial charge on any atom is 0.315 e. The lowest BCUT2D eigenvalue weighted by atomic mass is 10.1. The molecule has 8 nitrogen and oxygen atoms in total. The average Bonchev–Trinajstić information content (AvgIpc) is 2.78. The van der Waals surface area contributed by atoms with Crippen molar-refractivity contribution in [3.63, 3.8) is 0 Å². The van der Waals surface area contributed by atoms with Crippen LogP contribution in [-0.4, -0.2) is 20.7 Å². The van der Waals surface area contributed by atoms with Gasteiger partial charge in [-0.05, 0) is 26.3 Å². The molecular weight excluding hydrogens is 310 g/mol. The van der Waals surface area contributed by atoms with Crippen LogP contribution in [0.15, 0.2) is 24.3 Å². The molecular formula is C16H21N5O3. The van der Waals surface area contributed by atoms with Crippen molar-refractivity contribution in [1.82, 2.24) is 20.4 Å². The number of amides is 2. The van der Waals surface area contributed by atoms with Gasteiger partial charge >= 0.3 is 6.03 Å². The topological polar surface area (TPSA) is 102 Å². The fourth-order valence-corrected chi connectivity index (χ4v) is 2.70. The van der Waals surface area contributed by atoms with Gasteiger partial charge in [-0.15, -0.1) is 0 Å². The summed E-state index contributed by atoms with van der Waals surface area (Å²) in [6, 6.07) is 5.66. The van der Waals surface area contributed by atoms with Crippen molar-refractivity contribution in [2.75, 3.05) is 0 Å². The molecule has 0 aliphatic heterocycles. The lowest BCUT2D eigenvalue weighted by Gasteiger charge is -2.15. The van der Waals surface area contributed by atoms with Crippen molar-refractivity contribution in [3.8, 4) is 0 Å². The first-order valence-corrected chi connectivity index (χ1v) is 7.57. The number of nitro groups is 1. The van der Waals surface area contributed by atoms with Crippen LogP contribution >= 0.6 is 0 Å². The molecule has 1 atom stereocenters. The minimum atomic E-state index is -0.459. The molecule has 1 aromatic heterocycles. The van der Waals surface area contributed by atoms with Gasteiger partial charge in [0.1, 0.15) is 0 Å². The highest BCUT2D eigenvalue weighted by Crippen LogP contribution is 2.20. The van der Waals surface area contributed by atoms with Crippen LogP contribution in [-0.2, 0) is 13.6 Å². The second kappa shape index (κ2) is 7.12. The number of nitrogens with one attached hydrogen (secondary N) is 2. The number of non-ortho nitro benzene ring substituents is 1. The van der Waals surface area contributed by atoms with E-state index in [4.69, 9.17) is 0 Å². The Bertz CT molecular complexity index is 769. The minimum Gasteiger partial charge on any atom is -0.334 e. The Morgan fingerprint density at radius 2 is 2.12 bits per heavy atom. The van der Waals surface area contributed by atoms with Gasteiger partial charge in [-0.25, -0.2) is 4.79 Å². The first-order chi connectivity index (χ1) is 11.3. The van der Waals surface area contributed by atoms with Gasteiger partial charge in [0.2, 0.25) is 0 Å². The highest BCUT2D eigenvalue weighted by molar-refractivity contribution is 5.74. The molecule has 0 fully saturated rings. The van der Waals surface area contributed by atoms with Gasteiger partial charge in [-0.2, -0.15) is 5.10 Å². The number of carbonyl (C=O) groups excluding carboxylic acids is 1. The van der Waals surface area contributed by atoms with Crippen LogP contribution in [0.25, 0.3) is 0 Å². The van der Waals surface area contributed by atoms with Crippen LogP contribution in [0.3, 0.4) is 0 Å². The van der Waals surface area contributed by atoms with Crippen LogP contribution < -0.4 is 10.6 Å². The lowest BCUT2D eigenvalue weighted by molar-refractivity contribution is -0.384. The molecule has 128 valence electrons. The first kappa shape index (κ1) is 17.5. The van der Waals surface area contributed by atoms with E-state index in [1.165, 1.54) is 12.1 Å². The fourth-order valence-electron chi connectivity index (χ4n) is 2.70. The number of hydrogen-bond acceptors (Lipinski definition) is 4. The largest absolute Gasteiger partial charge is 0.334 e. The Morgan fingerprint density at radius 1 is 1.42 bits per heavy atom. The van der Waals surface area contributed by atoms with Crippen LogP contribution in [0.5, 0.6) is 0 Å². The molecule has 0 saturated carbocycles.